The second-order valence-corrected chi connectivity index (χ2v) is 19.3. The highest BCUT2D eigenvalue weighted by molar-refractivity contribution is 6.05. The second-order valence-electron chi connectivity index (χ2n) is 19.3. The van der Waals surface area contributed by atoms with Crippen LogP contribution >= 0.6 is 0 Å². The van der Waals surface area contributed by atoms with Crippen LogP contribution in [0.15, 0.2) is 116 Å². The summed E-state index contributed by atoms with van der Waals surface area (Å²) in [6, 6.07) is 34.4. The Balaban J connectivity index is 1.29. The number of H-pyrrole nitrogens is 2. The molecule has 0 saturated heterocycles. The minimum atomic E-state index is -0.628. The Kier molecular flexibility index (Phi) is 11.6. The molecule has 8 bridgehead atoms. The first kappa shape index (κ1) is 45.3. The van der Waals surface area contributed by atoms with Gasteiger partial charge in [0.1, 0.15) is 5.60 Å². The average Bonchev–Trinajstić information content (AvgIpc) is 4.17. The molecule has 346 valence electrons. The number of carbonyl (C=O) groups excluding carboxylic acids is 2. The molecule has 4 aromatic carbocycles. The molecule has 2 aliphatic heterocycles. The molecule has 0 spiro atoms. The molecule has 10 nitrogen and oxygen atoms in total. The van der Waals surface area contributed by atoms with Crippen LogP contribution in [-0.4, -0.2) is 47.6 Å². The number of aryl methyl sites for hydroxylation is 6. The Labute approximate surface area is 407 Å². The SMILES string of the molecule is Cc1cc(C)c(-c2c3nc(c(-c4ccc(C(=O)OC(C)(C)C)cc4)c4ccc([nH]4)c(-c4c(C)cc(C)cc4C)c4nc(c(-c5ccc(NC(=O)c6ccnnc6)cc5)c5ccc2[nH]5)C=C4)C=C3)c(C)c1. The number of fused-ring (bicyclic) bond motifs is 8. The lowest BCUT2D eigenvalue weighted by Crippen LogP contribution is -2.23. The number of benzene rings is 4. The Morgan fingerprint density at radius 3 is 1.31 bits per heavy atom. The Morgan fingerprint density at radius 2 is 0.900 bits per heavy atom. The van der Waals surface area contributed by atoms with Gasteiger partial charge in [-0.2, -0.15) is 10.2 Å². The average molecular weight is 920 g/mol. The van der Waals surface area contributed by atoms with Crippen LogP contribution in [-0.2, 0) is 4.74 Å². The normalized spacial score (nSPS) is 12.1. The molecule has 0 atom stereocenters. The van der Waals surface area contributed by atoms with Gasteiger partial charge in [0.25, 0.3) is 5.91 Å². The third-order valence-electron chi connectivity index (χ3n) is 12.7. The van der Waals surface area contributed by atoms with Crippen molar-refractivity contribution in [2.45, 2.75) is 67.9 Å². The first-order valence-corrected chi connectivity index (χ1v) is 23.4. The molecule has 1 amide bonds. The van der Waals surface area contributed by atoms with Crippen LogP contribution in [0.4, 0.5) is 5.69 Å². The molecule has 6 heterocycles. The van der Waals surface area contributed by atoms with Crippen LogP contribution in [0.5, 0.6) is 0 Å². The lowest BCUT2D eigenvalue weighted by molar-refractivity contribution is 0.00693. The molecule has 10 heteroatoms. The fourth-order valence-electron chi connectivity index (χ4n) is 9.95. The van der Waals surface area contributed by atoms with Crippen molar-refractivity contribution in [3.05, 3.63) is 183 Å². The maximum Gasteiger partial charge on any atom is 0.338 e. The summed E-state index contributed by atoms with van der Waals surface area (Å²) in [5.41, 5.74) is 22.1. The summed E-state index contributed by atoms with van der Waals surface area (Å²) in [7, 11) is 0. The quantitative estimate of drug-likeness (QED) is 0.135. The van der Waals surface area contributed by atoms with E-state index in [1.165, 1.54) is 23.5 Å². The van der Waals surface area contributed by atoms with Gasteiger partial charge in [0, 0.05) is 50.0 Å². The van der Waals surface area contributed by atoms with E-state index in [0.717, 1.165) is 112 Å². The maximum atomic E-state index is 13.2. The zero-order valence-corrected chi connectivity index (χ0v) is 40.8. The van der Waals surface area contributed by atoms with Gasteiger partial charge in [-0.25, -0.2) is 14.8 Å². The largest absolute Gasteiger partial charge is 0.456 e. The standard InChI is InChI=1S/C60H53N7O3/c1-33-28-35(3)52(36(4)29-33)56-48-22-18-44(64-48)54(39-10-12-41(13-11-39)59(69)70-60(7,8)9)45-19-23-49(65-45)57(53-37(5)30-34(2)31-38(53)6)51-25-21-47(67-51)55(46-20-24-50(56)66-46)40-14-16-43(17-15-40)63-58(68)42-26-27-61-62-32-42/h10-32,64,67H,1-9H3,(H,63,68). The van der Waals surface area contributed by atoms with Gasteiger partial charge in [-0.1, -0.05) is 59.7 Å². The van der Waals surface area contributed by atoms with Gasteiger partial charge in [0.05, 0.1) is 46.3 Å². The first-order valence-electron chi connectivity index (χ1n) is 23.4. The summed E-state index contributed by atoms with van der Waals surface area (Å²) in [5.74, 6) is -0.653. The van der Waals surface area contributed by atoms with Crippen molar-refractivity contribution >= 4 is 63.9 Å². The summed E-state index contributed by atoms with van der Waals surface area (Å²) in [6.45, 7) is 18.5. The number of hydrogen-bond acceptors (Lipinski definition) is 7. The van der Waals surface area contributed by atoms with Crippen LogP contribution in [0.2, 0.25) is 0 Å². The fraction of sp³-hybridized carbons (Fsp3) is 0.167. The van der Waals surface area contributed by atoms with Crippen molar-refractivity contribution in [3.63, 3.8) is 0 Å². The lowest BCUT2D eigenvalue weighted by Gasteiger charge is -2.19. The van der Waals surface area contributed by atoms with Gasteiger partial charge in [0.2, 0.25) is 0 Å². The highest BCUT2D eigenvalue weighted by Crippen LogP contribution is 2.41. The van der Waals surface area contributed by atoms with Gasteiger partial charge in [-0.15, -0.1) is 0 Å². The summed E-state index contributed by atoms with van der Waals surface area (Å²) >= 11 is 0. The molecule has 0 unspecified atom stereocenters. The van der Waals surface area contributed by atoms with Crippen molar-refractivity contribution in [1.29, 1.82) is 0 Å². The van der Waals surface area contributed by atoms with E-state index in [1.54, 1.807) is 6.07 Å². The number of nitrogens with zero attached hydrogens (tertiary/aromatic N) is 4. The van der Waals surface area contributed by atoms with E-state index in [-0.39, 0.29) is 11.9 Å². The number of hydrogen-bond donors (Lipinski definition) is 3. The molecular weight excluding hydrogens is 867 g/mol. The van der Waals surface area contributed by atoms with Crippen LogP contribution in [0.25, 0.3) is 90.9 Å². The number of amides is 1. The van der Waals surface area contributed by atoms with E-state index in [1.807, 2.05) is 69.3 Å². The minimum Gasteiger partial charge on any atom is -0.456 e. The predicted molar refractivity (Wildman–Crippen MR) is 284 cm³/mol. The highest BCUT2D eigenvalue weighted by Gasteiger charge is 2.23. The van der Waals surface area contributed by atoms with Crippen LogP contribution in [0, 0.1) is 41.5 Å². The Morgan fingerprint density at radius 1 is 0.486 bits per heavy atom. The number of aromatic amines is 2. The van der Waals surface area contributed by atoms with E-state index < -0.39 is 5.60 Å². The van der Waals surface area contributed by atoms with Gasteiger partial charge in [0.15, 0.2) is 0 Å². The van der Waals surface area contributed by atoms with E-state index >= 15 is 0 Å². The van der Waals surface area contributed by atoms with E-state index in [2.05, 4.69) is 140 Å². The van der Waals surface area contributed by atoms with Gasteiger partial charge >= 0.3 is 5.97 Å². The zero-order valence-electron chi connectivity index (χ0n) is 40.8. The first-order chi connectivity index (χ1) is 33.6. The zero-order chi connectivity index (χ0) is 49.0. The molecule has 3 N–H and O–H groups in total. The summed E-state index contributed by atoms with van der Waals surface area (Å²) in [4.78, 5) is 45.1. The molecule has 0 radical (unpaired) electrons. The van der Waals surface area contributed by atoms with E-state index in [0.29, 0.717) is 16.8 Å². The van der Waals surface area contributed by atoms with E-state index in [9.17, 15) is 9.59 Å². The molecule has 70 heavy (non-hydrogen) atoms. The second kappa shape index (κ2) is 17.9. The molecular formula is C60H53N7O3. The van der Waals surface area contributed by atoms with Crippen molar-refractivity contribution in [2.24, 2.45) is 0 Å². The van der Waals surface area contributed by atoms with Crippen molar-refractivity contribution in [1.82, 2.24) is 30.1 Å². The number of anilines is 1. The topological polar surface area (TPSA) is 139 Å². The molecule has 0 fully saturated rings. The van der Waals surface area contributed by atoms with E-state index in [4.69, 9.17) is 14.7 Å². The molecule has 8 aromatic rings. The third kappa shape index (κ3) is 8.76. The maximum absolute atomic E-state index is 13.2. The molecule has 2 aliphatic rings. The van der Waals surface area contributed by atoms with Gasteiger partial charge in [-0.3, -0.25) is 4.79 Å². The highest BCUT2D eigenvalue weighted by atomic mass is 16.6. The minimum absolute atomic E-state index is 0.275. The van der Waals surface area contributed by atoms with Crippen molar-refractivity contribution < 1.29 is 14.3 Å². The molecule has 0 saturated carbocycles. The Bertz CT molecular complexity index is 3560. The molecule has 4 aromatic heterocycles. The van der Waals surface area contributed by atoms with Crippen molar-refractivity contribution in [2.75, 3.05) is 5.32 Å². The summed E-state index contributed by atoms with van der Waals surface area (Å²) in [5, 5.41) is 10.7. The molecule has 10 rings (SSSR count). The van der Waals surface area contributed by atoms with Crippen LogP contribution < -0.4 is 5.32 Å². The van der Waals surface area contributed by atoms with Crippen LogP contribution in [0.3, 0.4) is 0 Å². The monoisotopic (exact) mass is 919 g/mol. The number of rotatable bonds is 7. The molecule has 0 aliphatic carbocycles. The lowest BCUT2D eigenvalue weighted by atomic mass is 9.92. The fourth-order valence-corrected chi connectivity index (χ4v) is 9.95. The Hall–Kier alpha value is -8.50. The third-order valence-corrected chi connectivity index (χ3v) is 12.7. The summed E-state index contributed by atoms with van der Waals surface area (Å²) < 4.78 is 5.74. The number of aromatic nitrogens is 6. The van der Waals surface area contributed by atoms with Crippen LogP contribution in [0.1, 0.15) is 97.6 Å². The number of nitrogens with one attached hydrogen (secondary N) is 3. The van der Waals surface area contributed by atoms with Gasteiger partial charge < -0.3 is 20.0 Å². The number of esters is 1. The van der Waals surface area contributed by atoms with Crippen molar-refractivity contribution in [3.8, 4) is 44.5 Å². The number of ether oxygens (including phenoxy) is 1. The predicted octanol–water partition coefficient (Wildman–Crippen LogP) is 14.2. The summed E-state index contributed by atoms with van der Waals surface area (Å²) in [6.07, 6.45) is 11.3. The van der Waals surface area contributed by atoms with Gasteiger partial charge in [-0.05, 0) is 186 Å². The number of carbonyl (C=O) groups is 2. The smallest absolute Gasteiger partial charge is 0.338 e.